The number of aliphatic imine (C=N–C) groups is 1. The fourth-order valence-corrected chi connectivity index (χ4v) is 2.59. The molecule has 7 nitrogen and oxygen atoms in total. The Balaban J connectivity index is 0.00000420. The van der Waals surface area contributed by atoms with E-state index in [9.17, 15) is 0 Å². The Morgan fingerprint density at radius 2 is 1.62 bits per heavy atom. The van der Waals surface area contributed by atoms with E-state index in [1.807, 2.05) is 49.4 Å². The molecule has 0 saturated carbocycles. The van der Waals surface area contributed by atoms with Crippen molar-refractivity contribution in [2.24, 2.45) is 4.99 Å². The highest BCUT2D eigenvalue weighted by Gasteiger charge is 2.09. The maximum Gasteiger partial charge on any atom is 0.191 e. The predicted molar refractivity (Wildman–Crippen MR) is 126 cm³/mol. The lowest BCUT2D eigenvalue weighted by atomic mass is 10.2. The quantitative estimate of drug-likeness (QED) is 0.303. The Morgan fingerprint density at radius 3 is 2.28 bits per heavy atom. The van der Waals surface area contributed by atoms with E-state index in [1.54, 1.807) is 28.4 Å². The number of nitrogens with zero attached hydrogens (tertiary/aromatic N) is 1. The lowest BCUT2D eigenvalue weighted by Crippen LogP contribution is -2.41. The molecular formula is C21H30IN3O4. The van der Waals surface area contributed by atoms with E-state index >= 15 is 0 Å². The molecule has 1 atom stereocenters. The van der Waals surface area contributed by atoms with E-state index in [-0.39, 0.29) is 30.1 Å². The van der Waals surface area contributed by atoms with Crippen molar-refractivity contribution >= 4 is 29.9 Å². The summed E-state index contributed by atoms with van der Waals surface area (Å²) in [5, 5.41) is 6.54. The average molecular weight is 515 g/mol. The second-order valence-electron chi connectivity index (χ2n) is 6.09. The first kappa shape index (κ1) is 24.7. The van der Waals surface area contributed by atoms with Gasteiger partial charge in [-0.3, -0.25) is 4.99 Å². The van der Waals surface area contributed by atoms with E-state index in [1.165, 1.54) is 0 Å². The van der Waals surface area contributed by atoms with Gasteiger partial charge in [0.2, 0.25) is 0 Å². The smallest absolute Gasteiger partial charge is 0.191 e. The molecule has 0 amide bonds. The largest absolute Gasteiger partial charge is 0.497 e. The second-order valence-corrected chi connectivity index (χ2v) is 6.09. The molecule has 1 unspecified atom stereocenters. The predicted octanol–water partition coefficient (Wildman–Crippen LogP) is 3.46. The molecule has 0 saturated heterocycles. The summed E-state index contributed by atoms with van der Waals surface area (Å²) in [5.41, 5.74) is 1.01. The van der Waals surface area contributed by atoms with Gasteiger partial charge >= 0.3 is 0 Å². The SMILES string of the molecule is CN=C(NCc1ccc(OC)cc1OC)NCC(C)Oc1cccc(OC)c1.I. The van der Waals surface area contributed by atoms with Gasteiger partial charge in [0.1, 0.15) is 29.1 Å². The van der Waals surface area contributed by atoms with E-state index in [0.29, 0.717) is 19.0 Å². The van der Waals surface area contributed by atoms with Crippen LogP contribution >= 0.6 is 24.0 Å². The molecule has 160 valence electrons. The number of nitrogens with one attached hydrogen (secondary N) is 2. The van der Waals surface area contributed by atoms with Crippen molar-refractivity contribution in [3.8, 4) is 23.0 Å². The highest BCUT2D eigenvalue weighted by atomic mass is 127. The van der Waals surface area contributed by atoms with Crippen molar-refractivity contribution < 1.29 is 18.9 Å². The third kappa shape index (κ3) is 7.88. The molecule has 0 aromatic heterocycles. The summed E-state index contributed by atoms with van der Waals surface area (Å²) in [7, 11) is 6.64. The Hall–Kier alpha value is -2.36. The topological polar surface area (TPSA) is 73.3 Å². The van der Waals surface area contributed by atoms with Gasteiger partial charge in [0.15, 0.2) is 5.96 Å². The van der Waals surface area contributed by atoms with Crippen LogP contribution in [-0.4, -0.2) is 47.0 Å². The minimum absolute atomic E-state index is 0. The zero-order chi connectivity index (χ0) is 20.4. The number of hydrogen-bond acceptors (Lipinski definition) is 5. The van der Waals surface area contributed by atoms with E-state index in [2.05, 4.69) is 15.6 Å². The van der Waals surface area contributed by atoms with Crippen molar-refractivity contribution in [1.82, 2.24) is 10.6 Å². The number of rotatable bonds is 9. The molecule has 0 aliphatic carbocycles. The van der Waals surface area contributed by atoms with Crippen LogP contribution in [0.5, 0.6) is 23.0 Å². The molecule has 0 fully saturated rings. The molecule has 2 rings (SSSR count). The Kier molecular flexibility index (Phi) is 11.0. The summed E-state index contributed by atoms with van der Waals surface area (Å²) in [6.45, 7) is 3.15. The third-order valence-electron chi connectivity index (χ3n) is 4.10. The van der Waals surface area contributed by atoms with Crippen LogP contribution in [0.15, 0.2) is 47.5 Å². The van der Waals surface area contributed by atoms with E-state index < -0.39 is 0 Å². The van der Waals surface area contributed by atoms with Gasteiger partial charge < -0.3 is 29.6 Å². The van der Waals surface area contributed by atoms with Crippen LogP contribution in [0.25, 0.3) is 0 Å². The van der Waals surface area contributed by atoms with Gasteiger partial charge in [-0.15, -0.1) is 24.0 Å². The Labute approximate surface area is 189 Å². The van der Waals surface area contributed by atoms with Gasteiger partial charge in [-0.1, -0.05) is 6.07 Å². The molecule has 2 aromatic carbocycles. The minimum atomic E-state index is -0.0545. The molecule has 0 bridgehead atoms. The van der Waals surface area contributed by atoms with Crippen molar-refractivity contribution in [2.75, 3.05) is 34.9 Å². The average Bonchev–Trinajstić information content (AvgIpc) is 2.73. The maximum atomic E-state index is 5.92. The van der Waals surface area contributed by atoms with Gasteiger partial charge in [-0.25, -0.2) is 0 Å². The van der Waals surface area contributed by atoms with Crippen LogP contribution in [0.4, 0.5) is 0 Å². The first-order valence-corrected chi connectivity index (χ1v) is 9.05. The zero-order valence-electron chi connectivity index (χ0n) is 17.5. The lowest BCUT2D eigenvalue weighted by molar-refractivity contribution is 0.223. The normalized spacial score (nSPS) is 11.7. The minimum Gasteiger partial charge on any atom is -0.497 e. The lowest BCUT2D eigenvalue weighted by Gasteiger charge is -2.18. The molecule has 0 heterocycles. The van der Waals surface area contributed by atoms with Gasteiger partial charge in [0.05, 0.1) is 27.9 Å². The van der Waals surface area contributed by atoms with Crippen LogP contribution in [-0.2, 0) is 6.54 Å². The fourth-order valence-electron chi connectivity index (χ4n) is 2.59. The summed E-state index contributed by atoms with van der Waals surface area (Å²) >= 11 is 0. The molecular weight excluding hydrogens is 485 g/mol. The maximum absolute atomic E-state index is 5.92. The second kappa shape index (κ2) is 13.0. The molecule has 2 N–H and O–H groups in total. The summed E-state index contributed by atoms with van der Waals surface area (Å²) in [6, 6.07) is 13.3. The third-order valence-corrected chi connectivity index (χ3v) is 4.10. The molecule has 0 radical (unpaired) electrons. The molecule has 0 spiro atoms. The monoisotopic (exact) mass is 515 g/mol. The highest BCUT2D eigenvalue weighted by molar-refractivity contribution is 14.0. The number of hydrogen-bond donors (Lipinski definition) is 2. The van der Waals surface area contributed by atoms with Gasteiger partial charge in [-0.05, 0) is 31.2 Å². The van der Waals surface area contributed by atoms with Crippen molar-refractivity contribution in [3.05, 3.63) is 48.0 Å². The first-order valence-electron chi connectivity index (χ1n) is 9.05. The highest BCUT2D eigenvalue weighted by Crippen LogP contribution is 2.24. The molecule has 0 aliphatic heterocycles. The van der Waals surface area contributed by atoms with E-state index in [4.69, 9.17) is 18.9 Å². The number of methoxy groups -OCH3 is 3. The molecule has 29 heavy (non-hydrogen) atoms. The Morgan fingerprint density at radius 1 is 0.931 bits per heavy atom. The van der Waals surface area contributed by atoms with Crippen molar-refractivity contribution in [3.63, 3.8) is 0 Å². The number of ether oxygens (including phenoxy) is 4. The first-order chi connectivity index (χ1) is 13.6. The zero-order valence-corrected chi connectivity index (χ0v) is 19.9. The van der Waals surface area contributed by atoms with E-state index in [0.717, 1.165) is 28.6 Å². The van der Waals surface area contributed by atoms with Gasteiger partial charge in [-0.2, -0.15) is 0 Å². The van der Waals surface area contributed by atoms with Gasteiger partial charge in [0.25, 0.3) is 0 Å². The van der Waals surface area contributed by atoms with Crippen molar-refractivity contribution in [2.45, 2.75) is 19.6 Å². The van der Waals surface area contributed by atoms with Crippen LogP contribution in [0.3, 0.4) is 0 Å². The molecule has 2 aromatic rings. The summed E-state index contributed by atoms with van der Waals surface area (Å²) < 4.78 is 21.8. The van der Waals surface area contributed by atoms with Crippen LogP contribution in [0.2, 0.25) is 0 Å². The van der Waals surface area contributed by atoms with Crippen LogP contribution in [0, 0.1) is 0 Å². The number of halogens is 1. The molecule has 0 aliphatic rings. The van der Waals surface area contributed by atoms with Crippen molar-refractivity contribution in [1.29, 1.82) is 0 Å². The molecule has 8 heteroatoms. The number of guanidine groups is 1. The van der Waals surface area contributed by atoms with Gasteiger partial charge in [0, 0.05) is 31.3 Å². The standard InChI is InChI=1S/C21H29N3O4.HI/c1-15(28-19-8-6-7-17(11-19)25-3)13-23-21(22-2)24-14-16-9-10-18(26-4)12-20(16)27-5;/h6-12,15H,13-14H2,1-5H3,(H2,22,23,24);1H. The Bertz CT molecular complexity index is 786. The number of benzene rings is 2. The van der Waals surface area contributed by atoms with Crippen LogP contribution < -0.4 is 29.6 Å². The van der Waals surface area contributed by atoms with Crippen LogP contribution in [0.1, 0.15) is 12.5 Å². The fraction of sp³-hybridized carbons (Fsp3) is 0.381. The summed E-state index contributed by atoms with van der Waals surface area (Å²) in [6.07, 6.45) is -0.0545. The summed E-state index contributed by atoms with van der Waals surface area (Å²) in [5.74, 6) is 3.73. The summed E-state index contributed by atoms with van der Waals surface area (Å²) in [4.78, 5) is 4.25.